The predicted octanol–water partition coefficient (Wildman–Crippen LogP) is 3.60. The van der Waals surface area contributed by atoms with Crippen LogP contribution in [0.2, 0.25) is 0 Å². The second-order valence-corrected chi connectivity index (χ2v) is 4.91. The van der Waals surface area contributed by atoms with Gasteiger partial charge in [-0.3, -0.25) is 4.98 Å². The highest BCUT2D eigenvalue weighted by molar-refractivity contribution is 6.18. The van der Waals surface area contributed by atoms with E-state index in [0.717, 1.165) is 28.7 Å². The van der Waals surface area contributed by atoms with E-state index in [1.165, 1.54) is 0 Å². The van der Waals surface area contributed by atoms with Crippen LogP contribution in [0.25, 0.3) is 10.9 Å². The summed E-state index contributed by atoms with van der Waals surface area (Å²) >= 11 is 6.01. The van der Waals surface area contributed by atoms with Crippen molar-refractivity contribution in [3.05, 3.63) is 36.0 Å². The third-order valence-electron chi connectivity index (χ3n) is 3.06. The predicted molar refractivity (Wildman–Crippen MR) is 81.1 cm³/mol. The van der Waals surface area contributed by atoms with E-state index in [9.17, 15) is 0 Å². The lowest BCUT2D eigenvalue weighted by atomic mass is 10.1. The molecular weight excluding hydrogens is 260 g/mol. The van der Waals surface area contributed by atoms with Gasteiger partial charge >= 0.3 is 0 Å². The van der Waals surface area contributed by atoms with Crippen molar-refractivity contribution in [2.75, 3.05) is 24.9 Å². The molecule has 0 aliphatic heterocycles. The standard InChI is InChI=1S/C15H19ClN2O/c1-11-9-15(18-12(10-16)7-8-19-2)13-5-3-4-6-14(13)17-11/h3-6,9,12H,7-8,10H2,1-2H3,(H,17,18). The Hall–Kier alpha value is -1.32. The highest BCUT2D eigenvalue weighted by Crippen LogP contribution is 2.24. The summed E-state index contributed by atoms with van der Waals surface area (Å²) in [5.74, 6) is 0.555. The summed E-state index contributed by atoms with van der Waals surface area (Å²) < 4.78 is 5.11. The smallest absolute Gasteiger partial charge is 0.0725 e. The van der Waals surface area contributed by atoms with Gasteiger partial charge in [0, 0.05) is 42.4 Å². The molecule has 0 radical (unpaired) electrons. The van der Waals surface area contributed by atoms with Crippen LogP contribution in [0.3, 0.4) is 0 Å². The molecule has 0 saturated carbocycles. The van der Waals surface area contributed by atoms with Gasteiger partial charge in [0.1, 0.15) is 0 Å². The van der Waals surface area contributed by atoms with Gasteiger partial charge in [0.25, 0.3) is 0 Å². The molecule has 1 atom stereocenters. The normalized spacial score (nSPS) is 12.6. The quantitative estimate of drug-likeness (QED) is 0.820. The lowest BCUT2D eigenvalue weighted by Gasteiger charge is -2.18. The zero-order valence-corrected chi connectivity index (χ0v) is 12.1. The number of methoxy groups -OCH3 is 1. The van der Waals surface area contributed by atoms with E-state index >= 15 is 0 Å². The summed E-state index contributed by atoms with van der Waals surface area (Å²) in [6.07, 6.45) is 0.885. The number of nitrogens with one attached hydrogen (secondary N) is 1. The van der Waals surface area contributed by atoms with Crippen LogP contribution in [0.1, 0.15) is 12.1 Å². The van der Waals surface area contributed by atoms with Crippen LogP contribution in [0.4, 0.5) is 5.69 Å². The Labute approximate surface area is 118 Å². The van der Waals surface area contributed by atoms with Gasteiger partial charge in [0.2, 0.25) is 0 Å². The summed E-state index contributed by atoms with van der Waals surface area (Å²) in [4.78, 5) is 4.53. The van der Waals surface area contributed by atoms with Crippen LogP contribution in [0, 0.1) is 6.92 Å². The van der Waals surface area contributed by atoms with Crippen LogP contribution >= 0.6 is 11.6 Å². The van der Waals surface area contributed by atoms with E-state index in [1.807, 2.05) is 25.1 Å². The van der Waals surface area contributed by atoms with Crippen LogP contribution in [-0.2, 0) is 4.74 Å². The minimum atomic E-state index is 0.201. The number of benzene rings is 1. The van der Waals surface area contributed by atoms with Gasteiger partial charge < -0.3 is 10.1 Å². The molecule has 19 heavy (non-hydrogen) atoms. The number of hydrogen-bond donors (Lipinski definition) is 1. The van der Waals surface area contributed by atoms with Crippen LogP contribution in [0.5, 0.6) is 0 Å². The number of anilines is 1. The molecule has 1 heterocycles. The summed E-state index contributed by atoms with van der Waals surface area (Å²) in [6, 6.07) is 10.4. The van der Waals surface area contributed by atoms with Gasteiger partial charge in [-0.15, -0.1) is 11.6 Å². The Morgan fingerprint density at radius 2 is 2.16 bits per heavy atom. The summed E-state index contributed by atoms with van der Waals surface area (Å²) in [7, 11) is 1.71. The number of para-hydroxylation sites is 1. The monoisotopic (exact) mass is 278 g/mol. The Bertz CT molecular complexity index is 545. The number of aryl methyl sites for hydroxylation is 1. The first-order valence-electron chi connectivity index (χ1n) is 6.42. The molecule has 2 aromatic rings. The Morgan fingerprint density at radius 1 is 1.37 bits per heavy atom. The number of aromatic nitrogens is 1. The Morgan fingerprint density at radius 3 is 2.89 bits per heavy atom. The van der Waals surface area contributed by atoms with Crippen LogP contribution < -0.4 is 5.32 Å². The molecule has 1 N–H and O–H groups in total. The molecule has 2 rings (SSSR count). The molecule has 0 saturated heterocycles. The molecule has 0 fully saturated rings. The lowest BCUT2D eigenvalue weighted by Crippen LogP contribution is -2.23. The average Bonchev–Trinajstić information content (AvgIpc) is 2.43. The van der Waals surface area contributed by atoms with E-state index in [4.69, 9.17) is 16.3 Å². The second kappa shape index (κ2) is 6.73. The third kappa shape index (κ3) is 3.58. The molecule has 0 aliphatic rings. The number of nitrogens with zero attached hydrogens (tertiary/aromatic N) is 1. The fourth-order valence-electron chi connectivity index (χ4n) is 2.10. The summed E-state index contributed by atoms with van der Waals surface area (Å²) in [6.45, 7) is 2.70. The van der Waals surface area contributed by atoms with E-state index in [0.29, 0.717) is 12.5 Å². The van der Waals surface area contributed by atoms with Crippen molar-refractivity contribution in [3.63, 3.8) is 0 Å². The van der Waals surface area contributed by atoms with Gasteiger partial charge in [0.05, 0.1) is 5.52 Å². The minimum Gasteiger partial charge on any atom is -0.385 e. The number of halogens is 1. The van der Waals surface area contributed by atoms with Gasteiger partial charge in [-0.05, 0) is 25.5 Å². The number of rotatable bonds is 6. The van der Waals surface area contributed by atoms with Crippen molar-refractivity contribution in [2.45, 2.75) is 19.4 Å². The van der Waals surface area contributed by atoms with Crippen molar-refractivity contribution in [3.8, 4) is 0 Å². The van der Waals surface area contributed by atoms with Gasteiger partial charge in [0.15, 0.2) is 0 Å². The van der Waals surface area contributed by atoms with E-state index in [1.54, 1.807) is 7.11 Å². The maximum atomic E-state index is 6.01. The van der Waals surface area contributed by atoms with Crippen LogP contribution in [-0.4, -0.2) is 30.6 Å². The first-order valence-corrected chi connectivity index (χ1v) is 6.96. The largest absolute Gasteiger partial charge is 0.385 e. The van der Waals surface area contributed by atoms with Crippen molar-refractivity contribution in [1.29, 1.82) is 0 Å². The van der Waals surface area contributed by atoms with Crippen molar-refractivity contribution in [1.82, 2.24) is 4.98 Å². The van der Waals surface area contributed by atoms with Crippen molar-refractivity contribution < 1.29 is 4.74 Å². The fraction of sp³-hybridized carbons (Fsp3) is 0.400. The zero-order chi connectivity index (χ0) is 13.7. The average molecular weight is 279 g/mol. The SMILES string of the molecule is COCCC(CCl)Nc1cc(C)nc2ccccc12. The van der Waals surface area contributed by atoms with E-state index in [2.05, 4.69) is 22.4 Å². The molecule has 0 bridgehead atoms. The molecule has 3 nitrogen and oxygen atoms in total. The van der Waals surface area contributed by atoms with Crippen LogP contribution in [0.15, 0.2) is 30.3 Å². The Balaban J connectivity index is 2.28. The number of fused-ring (bicyclic) bond motifs is 1. The zero-order valence-electron chi connectivity index (χ0n) is 11.3. The number of ether oxygens (including phenoxy) is 1. The highest BCUT2D eigenvalue weighted by atomic mass is 35.5. The molecule has 0 amide bonds. The van der Waals surface area contributed by atoms with Crippen molar-refractivity contribution in [2.24, 2.45) is 0 Å². The Kier molecular flexibility index (Phi) is 5.00. The van der Waals surface area contributed by atoms with Gasteiger partial charge in [-0.1, -0.05) is 18.2 Å². The second-order valence-electron chi connectivity index (χ2n) is 4.61. The summed E-state index contributed by atoms with van der Waals surface area (Å²) in [5.41, 5.74) is 3.09. The van der Waals surface area contributed by atoms with E-state index < -0.39 is 0 Å². The molecule has 102 valence electrons. The van der Waals surface area contributed by atoms with Crippen molar-refractivity contribution >= 4 is 28.2 Å². The van der Waals surface area contributed by atoms with Gasteiger partial charge in [-0.2, -0.15) is 0 Å². The van der Waals surface area contributed by atoms with Gasteiger partial charge in [-0.25, -0.2) is 0 Å². The molecule has 1 aromatic heterocycles. The molecule has 1 aromatic carbocycles. The maximum absolute atomic E-state index is 6.01. The maximum Gasteiger partial charge on any atom is 0.0725 e. The third-order valence-corrected chi connectivity index (χ3v) is 3.43. The fourth-order valence-corrected chi connectivity index (χ4v) is 2.33. The first-order chi connectivity index (χ1) is 9.24. The lowest BCUT2D eigenvalue weighted by molar-refractivity contribution is 0.191. The topological polar surface area (TPSA) is 34.1 Å². The molecule has 0 spiro atoms. The molecule has 1 unspecified atom stereocenters. The minimum absolute atomic E-state index is 0.201. The number of hydrogen-bond acceptors (Lipinski definition) is 3. The molecular formula is C15H19ClN2O. The summed E-state index contributed by atoms with van der Waals surface area (Å²) in [5, 5.41) is 4.62. The number of pyridine rings is 1. The first kappa shape index (κ1) is 14.1. The molecule has 0 aliphatic carbocycles. The molecule has 4 heteroatoms. The van der Waals surface area contributed by atoms with E-state index in [-0.39, 0.29) is 6.04 Å². The highest BCUT2D eigenvalue weighted by Gasteiger charge is 2.10. The number of alkyl halides is 1.